The van der Waals surface area contributed by atoms with Gasteiger partial charge in [-0.15, -0.1) is 0 Å². The van der Waals surface area contributed by atoms with Crippen molar-refractivity contribution in [3.63, 3.8) is 0 Å². The van der Waals surface area contributed by atoms with Crippen LogP contribution in [0.2, 0.25) is 0 Å². The van der Waals surface area contributed by atoms with Gasteiger partial charge in [-0.3, -0.25) is 4.79 Å². The molecule has 1 atom stereocenters. The molecule has 0 spiro atoms. The molecule has 7 heteroatoms. The first-order valence-electron chi connectivity index (χ1n) is 9.42. The topological polar surface area (TPSA) is 86.1 Å². The fraction of sp³-hybridized carbons (Fsp3) is 0.333. The van der Waals surface area contributed by atoms with Gasteiger partial charge in [0.15, 0.2) is 5.65 Å². The third-order valence-electron chi connectivity index (χ3n) is 4.65. The first kappa shape index (κ1) is 18.2. The van der Waals surface area contributed by atoms with E-state index in [4.69, 9.17) is 4.74 Å². The third kappa shape index (κ3) is 3.74. The molecule has 0 saturated heterocycles. The minimum absolute atomic E-state index is 0.163. The second-order valence-corrected chi connectivity index (χ2v) is 7.30. The molecule has 3 aromatic rings. The van der Waals surface area contributed by atoms with Crippen LogP contribution in [0.15, 0.2) is 48.8 Å². The van der Waals surface area contributed by atoms with Crippen molar-refractivity contribution in [1.29, 1.82) is 0 Å². The van der Waals surface area contributed by atoms with Gasteiger partial charge in [0.05, 0.1) is 11.8 Å². The summed E-state index contributed by atoms with van der Waals surface area (Å²) in [6, 6.07) is 11.1. The Morgan fingerprint density at radius 3 is 2.61 bits per heavy atom. The summed E-state index contributed by atoms with van der Waals surface area (Å²) < 4.78 is 7.39. The summed E-state index contributed by atoms with van der Waals surface area (Å²) in [6.45, 7) is 4.03. The van der Waals surface area contributed by atoms with Crippen LogP contribution in [-0.2, 0) is 9.53 Å². The zero-order valence-electron chi connectivity index (χ0n) is 15.8. The molecule has 1 aromatic carbocycles. The van der Waals surface area contributed by atoms with E-state index in [2.05, 4.69) is 15.4 Å². The average molecular weight is 378 g/mol. The predicted octanol–water partition coefficient (Wildman–Crippen LogP) is 3.19. The standard InChI is InChI=1S/C21H22N4O3/c1-13(2)25-19-15(12-23-25)10-16(11-22-19)21(27)28-18(14-6-4-3-5-7-14)20(26)24-17-8-9-17/h3-7,10-13,17-18H,8-9H2,1-2H3,(H,24,26)/t18-/m1/s1. The van der Waals surface area contributed by atoms with Crippen LogP contribution in [0.3, 0.4) is 0 Å². The Morgan fingerprint density at radius 2 is 1.93 bits per heavy atom. The monoisotopic (exact) mass is 378 g/mol. The molecule has 28 heavy (non-hydrogen) atoms. The molecule has 7 nitrogen and oxygen atoms in total. The summed E-state index contributed by atoms with van der Waals surface area (Å²) in [4.78, 5) is 29.7. The van der Waals surface area contributed by atoms with Crippen molar-refractivity contribution in [2.45, 2.75) is 44.9 Å². The van der Waals surface area contributed by atoms with Crippen molar-refractivity contribution in [2.24, 2.45) is 0 Å². The van der Waals surface area contributed by atoms with E-state index in [1.54, 1.807) is 29.1 Å². The maximum absolute atomic E-state index is 12.7. The Hall–Kier alpha value is -3.22. The molecule has 4 rings (SSSR count). The highest BCUT2D eigenvalue weighted by Gasteiger charge is 2.31. The molecule has 2 heterocycles. The average Bonchev–Trinajstić information content (AvgIpc) is 3.40. The lowest BCUT2D eigenvalue weighted by molar-refractivity contribution is -0.130. The SMILES string of the molecule is CC(C)n1ncc2cc(C(=O)O[C@@H](C(=O)NC3CC3)c3ccccc3)cnc21. The number of fused-ring (bicyclic) bond motifs is 1. The second kappa shape index (κ2) is 7.42. The van der Waals surface area contributed by atoms with E-state index >= 15 is 0 Å². The predicted molar refractivity (Wildman–Crippen MR) is 104 cm³/mol. The number of ether oxygens (including phenoxy) is 1. The Kier molecular flexibility index (Phi) is 4.81. The molecule has 1 amide bonds. The number of esters is 1. The minimum atomic E-state index is -0.997. The van der Waals surface area contributed by atoms with Crippen LogP contribution in [0.5, 0.6) is 0 Å². The molecule has 1 saturated carbocycles. The molecule has 144 valence electrons. The summed E-state index contributed by atoms with van der Waals surface area (Å²) >= 11 is 0. The smallest absolute Gasteiger partial charge is 0.340 e. The lowest BCUT2D eigenvalue weighted by Crippen LogP contribution is -2.33. The van der Waals surface area contributed by atoms with Crippen LogP contribution in [0, 0.1) is 0 Å². The Morgan fingerprint density at radius 1 is 1.18 bits per heavy atom. The molecule has 2 aromatic heterocycles. The molecule has 0 radical (unpaired) electrons. The first-order chi connectivity index (χ1) is 13.5. The molecule has 1 aliphatic rings. The highest BCUT2D eigenvalue weighted by Crippen LogP contribution is 2.25. The quantitative estimate of drug-likeness (QED) is 0.666. The number of hydrogen-bond acceptors (Lipinski definition) is 5. The number of amides is 1. The summed E-state index contributed by atoms with van der Waals surface area (Å²) in [5.41, 5.74) is 1.63. The van der Waals surface area contributed by atoms with Gasteiger partial charge >= 0.3 is 5.97 Å². The summed E-state index contributed by atoms with van der Waals surface area (Å²) in [7, 11) is 0. The van der Waals surface area contributed by atoms with Crippen molar-refractivity contribution in [3.8, 4) is 0 Å². The molecule has 0 aliphatic heterocycles. The van der Waals surface area contributed by atoms with E-state index in [1.165, 1.54) is 6.20 Å². The fourth-order valence-electron chi connectivity index (χ4n) is 3.01. The lowest BCUT2D eigenvalue weighted by atomic mass is 10.1. The van der Waals surface area contributed by atoms with Crippen LogP contribution in [0.25, 0.3) is 11.0 Å². The van der Waals surface area contributed by atoms with E-state index in [9.17, 15) is 9.59 Å². The number of pyridine rings is 1. The van der Waals surface area contributed by atoms with Crippen molar-refractivity contribution in [2.75, 3.05) is 0 Å². The van der Waals surface area contributed by atoms with Crippen LogP contribution in [0.1, 0.15) is 54.8 Å². The van der Waals surface area contributed by atoms with E-state index in [0.717, 1.165) is 18.2 Å². The molecular weight excluding hydrogens is 356 g/mol. The van der Waals surface area contributed by atoms with Gasteiger partial charge in [-0.05, 0) is 32.8 Å². The van der Waals surface area contributed by atoms with E-state index < -0.39 is 12.1 Å². The van der Waals surface area contributed by atoms with Gasteiger partial charge in [-0.2, -0.15) is 5.10 Å². The normalized spacial score (nSPS) is 14.8. The molecule has 1 fully saturated rings. The van der Waals surface area contributed by atoms with Gasteiger partial charge in [-0.25, -0.2) is 14.5 Å². The second-order valence-electron chi connectivity index (χ2n) is 7.30. The number of aromatic nitrogens is 3. The largest absolute Gasteiger partial charge is 0.444 e. The first-order valence-corrected chi connectivity index (χ1v) is 9.42. The highest BCUT2D eigenvalue weighted by atomic mass is 16.5. The highest BCUT2D eigenvalue weighted by molar-refractivity contribution is 5.95. The minimum Gasteiger partial charge on any atom is -0.444 e. The molecule has 1 aliphatic carbocycles. The van der Waals surface area contributed by atoms with Crippen LogP contribution in [0.4, 0.5) is 0 Å². The van der Waals surface area contributed by atoms with Crippen molar-refractivity contribution in [1.82, 2.24) is 20.1 Å². The van der Waals surface area contributed by atoms with Gasteiger partial charge in [0.25, 0.3) is 5.91 Å². The fourth-order valence-corrected chi connectivity index (χ4v) is 3.01. The zero-order valence-corrected chi connectivity index (χ0v) is 15.8. The Bertz CT molecular complexity index is 1010. The number of carbonyl (C=O) groups excluding carboxylic acids is 2. The number of hydrogen-bond donors (Lipinski definition) is 1. The van der Waals surface area contributed by atoms with E-state index in [0.29, 0.717) is 11.2 Å². The molecule has 0 bridgehead atoms. The number of benzene rings is 1. The zero-order chi connectivity index (χ0) is 19.7. The third-order valence-corrected chi connectivity index (χ3v) is 4.65. The van der Waals surface area contributed by atoms with Crippen molar-refractivity contribution < 1.29 is 14.3 Å². The van der Waals surface area contributed by atoms with Crippen molar-refractivity contribution in [3.05, 3.63) is 59.9 Å². The van der Waals surface area contributed by atoms with Crippen LogP contribution in [-0.4, -0.2) is 32.7 Å². The van der Waals surface area contributed by atoms with Gasteiger partial charge in [0.2, 0.25) is 6.10 Å². The van der Waals surface area contributed by atoms with Crippen LogP contribution >= 0.6 is 0 Å². The number of rotatable bonds is 6. The molecular formula is C21H22N4O3. The number of carbonyl (C=O) groups is 2. The van der Waals surface area contributed by atoms with E-state index in [1.807, 2.05) is 32.0 Å². The van der Waals surface area contributed by atoms with Gasteiger partial charge in [0, 0.05) is 29.2 Å². The Labute approximate surface area is 162 Å². The molecule has 0 unspecified atom stereocenters. The summed E-state index contributed by atoms with van der Waals surface area (Å²) in [6.07, 6.45) is 4.06. The van der Waals surface area contributed by atoms with Gasteiger partial charge in [-0.1, -0.05) is 30.3 Å². The number of nitrogens with zero attached hydrogens (tertiary/aromatic N) is 3. The van der Waals surface area contributed by atoms with Gasteiger partial charge < -0.3 is 10.1 Å². The van der Waals surface area contributed by atoms with Crippen molar-refractivity contribution >= 4 is 22.9 Å². The Balaban J connectivity index is 1.58. The summed E-state index contributed by atoms with van der Waals surface area (Å²) in [5, 5.41) is 7.97. The maximum Gasteiger partial charge on any atom is 0.340 e. The lowest BCUT2D eigenvalue weighted by Gasteiger charge is -2.18. The van der Waals surface area contributed by atoms with E-state index in [-0.39, 0.29) is 23.6 Å². The maximum atomic E-state index is 12.7. The van der Waals surface area contributed by atoms with Gasteiger partial charge in [0.1, 0.15) is 0 Å². The summed E-state index contributed by atoms with van der Waals surface area (Å²) in [5.74, 6) is -0.893. The van der Waals surface area contributed by atoms with Crippen LogP contribution < -0.4 is 5.32 Å². The molecule has 1 N–H and O–H groups in total. The number of nitrogens with one attached hydrogen (secondary N) is 1.